The topological polar surface area (TPSA) is 29.5 Å². The molecule has 0 aliphatic carbocycles. The van der Waals surface area contributed by atoms with Crippen molar-refractivity contribution in [2.45, 2.75) is 19.4 Å². The quantitative estimate of drug-likeness (QED) is 0.739. The Morgan fingerprint density at radius 3 is 3.12 bits per heavy atom. The summed E-state index contributed by atoms with van der Waals surface area (Å²) in [7, 11) is 0. The lowest BCUT2D eigenvalue weighted by atomic mass is 10.1. The van der Waals surface area contributed by atoms with Gasteiger partial charge in [0.05, 0.1) is 11.8 Å². The van der Waals surface area contributed by atoms with Crippen LogP contribution in [0.15, 0.2) is 18.2 Å². The average molecular weight is 237 g/mol. The number of halogens is 1. The standard InChI is InChI=1S/C13H16FNO2/c1-10-8-15(6-3-7-17-10)13-11(9-16)4-2-5-12(13)14/h2,4-5,9-10H,3,6-8H2,1H3. The molecule has 0 saturated carbocycles. The highest BCUT2D eigenvalue weighted by Gasteiger charge is 2.20. The fraction of sp³-hybridized carbons (Fsp3) is 0.462. The molecule has 4 heteroatoms. The van der Waals surface area contributed by atoms with E-state index in [2.05, 4.69) is 0 Å². The molecule has 1 unspecified atom stereocenters. The van der Waals surface area contributed by atoms with Crippen molar-refractivity contribution in [2.24, 2.45) is 0 Å². The molecule has 17 heavy (non-hydrogen) atoms. The second kappa shape index (κ2) is 5.27. The van der Waals surface area contributed by atoms with Gasteiger partial charge in [0, 0.05) is 25.3 Å². The van der Waals surface area contributed by atoms with E-state index in [1.807, 2.05) is 11.8 Å². The Labute approximate surface area is 100 Å². The number of nitrogens with zero attached hydrogens (tertiary/aromatic N) is 1. The maximum Gasteiger partial charge on any atom is 0.152 e. The van der Waals surface area contributed by atoms with Crippen molar-refractivity contribution >= 4 is 12.0 Å². The highest BCUT2D eigenvalue weighted by Crippen LogP contribution is 2.25. The summed E-state index contributed by atoms with van der Waals surface area (Å²) in [6.07, 6.45) is 1.60. The van der Waals surface area contributed by atoms with E-state index in [9.17, 15) is 9.18 Å². The molecule has 1 aliphatic rings. The van der Waals surface area contributed by atoms with Crippen LogP contribution in [0, 0.1) is 5.82 Å². The zero-order valence-electron chi connectivity index (χ0n) is 9.86. The van der Waals surface area contributed by atoms with E-state index in [0.29, 0.717) is 37.2 Å². The number of ether oxygens (including phenoxy) is 1. The van der Waals surface area contributed by atoms with Crippen molar-refractivity contribution < 1.29 is 13.9 Å². The van der Waals surface area contributed by atoms with Crippen molar-refractivity contribution in [2.75, 3.05) is 24.6 Å². The van der Waals surface area contributed by atoms with Gasteiger partial charge >= 0.3 is 0 Å². The van der Waals surface area contributed by atoms with E-state index in [1.165, 1.54) is 6.07 Å². The van der Waals surface area contributed by atoms with E-state index in [-0.39, 0.29) is 11.9 Å². The third kappa shape index (κ3) is 2.64. The fourth-order valence-corrected chi connectivity index (χ4v) is 2.16. The lowest BCUT2D eigenvalue weighted by Gasteiger charge is -2.25. The van der Waals surface area contributed by atoms with Crippen molar-refractivity contribution in [3.05, 3.63) is 29.6 Å². The summed E-state index contributed by atoms with van der Waals surface area (Å²) in [5.41, 5.74) is 0.805. The summed E-state index contributed by atoms with van der Waals surface area (Å²) >= 11 is 0. The second-order valence-electron chi connectivity index (χ2n) is 4.28. The number of carbonyl (C=O) groups is 1. The summed E-state index contributed by atoms with van der Waals surface area (Å²) in [6.45, 7) is 3.97. The Hall–Kier alpha value is -1.42. The molecule has 1 heterocycles. The summed E-state index contributed by atoms with van der Waals surface area (Å²) in [4.78, 5) is 12.9. The van der Waals surface area contributed by atoms with Gasteiger partial charge in [-0.2, -0.15) is 0 Å². The number of rotatable bonds is 2. The summed E-state index contributed by atoms with van der Waals surface area (Å²) in [5, 5.41) is 0. The second-order valence-corrected chi connectivity index (χ2v) is 4.28. The number of anilines is 1. The molecule has 2 rings (SSSR count). The first-order valence-electron chi connectivity index (χ1n) is 5.82. The van der Waals surface area contributed by atoms with Crippen LogP contribution in [0.2, 0.25) is 0 Å². The van der Waals surface area contributed by atoms with Gasteiger partial charge in [0.25, 0.3) is 0 Å². The molecule has 1 aromatic rings. The van der Waals surface area contributed by atoms with Crippen molar-refractivity contribution in [1.82, 2.24) is 0 Å². The van der Waals surface area contributed by atoms with Gasteiger partial charge in [0.2, 0.25) is 0 Å². The highest BCUT2D eigenvalue weighted by molar-refractivity contribution is 5.84. The van der Waals surface area contributed by atoms with E-state index >= 15 is 0 Å². The van der Waals surface area contributed by atoms with Crippen LogP contribution < -0.4 is 4.90 Å². The molecule has 92 valence electrons. The minimum atomic E-state index is -0.344. The van der Waals surface area contributed by atoms with Gasteiger partial charge in [-0.3, -0.25) is 4.79 Å². The molecule has 0 N–H and O–H groups in total. The summed E-state index contributed by atoms with van der Waals surface area (Å²) in [6, 6.07) is 4.58. The van der Waals surface area contributed by atoms with Crippen molar-refractivity contribution in [3.63, 3.8) is 0 Å². The van der Waals surface area contributed by atoms with Crippen LogP contribution >= 0.6 is 0 Å². The monoisotopic (exact) mass is 237 g/mol. The molecule has 0 radical (unpaired) electrons. The number of hydrogen-bond acceptors (Lipinski definition) is 3. The van der Waals surface area contributed by atoms with Gasteiger partial charge in [0.1, 0.15) is 5.82 Å². The first kappa shape index (κ1) is 12.0. The van der Waals surface area contributed by atoms with Crippen LogP contribution in [0.5, 0.6) is 0 Å². The Kier molecular flexibility index (Phi) is 3.74. The SMILES string of the molecule is CC1CN(c2c(F)cccc2C=O)CCCO1. The molecule has 0 amide bonds. The number of carbonyl (C=O) groups excluding carboxylic acids is 1. The van der Waals surface area contributed by atoms with E-state index in [1.54, 1.807) is 12.1 Å². The van der Waals surface area contributed by atoms with Crippen molar-refractivity contribution in [1.29, 1.82) is 0 Å². The number of hydrogen-bond donors (Lipinski definition) is 0. The Balaban J connectivity index is 2.34. The first-order valence-corrected chi connectivity index (χ1v) is 5.82. The molecular formula is C13H16FNO2. The largest absolute Gasteiger partial charge is 0.377 e. The molecule has 1 saturated heterocycles. The molecule has 1 aliphatic heterocycles. The van der Waals surface area contributed by atoms with Crippen LogP contribution in [0.3, 0.4) is 0 Å². The molecule has 0 aromatic heterocycles. The summed E-state index contributed by atoms with van der Waals surface area (Å²) < 4.78 is 19.4. The Morgan fingerprint density at radius 1 is 1.53 bits per heavy atom. The predicted octanol–water partition coefficient (Wildman–Crippen LogP) is 2.25. The zero-order valence-corrected chi connectivity index (χ0v) is 9.86. The molecule has 1 aromatic carbocycles. The maximum absolute atomic E-state index is 13.8. The number of benzene rings is 1. The summed E-state index contributed by atoms with van der Waals surface area (Å²) in [5.74, 6) is -0.344. The van der Waals surface area contributed by atoms with E-state index in [0.717, 1.165) is 6.42 Å². The molecule has 0 bridgehead atoms. The lowest BCUT2D eigenvalue weighted by Crippen LogP contribution is -2.31. The van der Waals surface area contributed by atoms with Crippen LogP contribution in [0.1, 0.15) is 23.7 Å². The van der Waals surface area contributed by atoms with Crippen LogP contribution in [0.4, 0.5) is 10.1 Å². The van der Waals surface area contributed by atoms with Crippen LogP contribution in [0.25, 0.3) is 0 Å². The van der Waals surface area contributed by atoms with Crippen LogP contribution in [-0.4, -0.2) is 32.1 Å². The average Bonchev–Trinajstić information content (AvgIpc) is 2.53. The molecule has 3 nitrogen and oxygen atoms in total. The van der Waals surface area contributed by atoms with Gasteiger partial charge in [-0.05, 0) is 25.5 Å². The minimum absolute atomic E-state index is 0.0524. The van der Waals surface area contributed by atoms with Crippen LogP contribution in [-0.2, 0) is 4.74 Å². The molecule has 1 atom stereocenters. The third-order valence-electron chi connectivity index (χ3n) is 2.91. The van der Waals surface area contributed by atoms with Gasteiger partial charge < -0.3 is 9.64 Å². The smallest absolute Gasteiger partial charge is 0.152 e. The van der Waals surface area contributed by atoms with Gasteiger partial charge in [0.15, 0.2) is 6.29 Å². The third-order valence-corrected chi connectivity index (χ3v) is 2.91. The minimum Gasteiger partial charge on any atom is -0.377 e. The van der Waals surface area contributed by atoms with Gasteiger partial charge in [-0.1, -0.05) is 6.07 Å². The lowest BCUT2D eigenvalue weighted by molar-refractivity contribution is 0.0820. The number of para-hydroxylation sites is 1. The molecule has 0 spiro atoms. The molecule has 1 fully saturated rings. The number of aldehydes is 1. The van der Waals surface area contributed by atoms with E-state index in [4.69, 9.17) is 4.74 Å². The zero-order chi connectivity index (χ0) is 12.3. The fourth-order valence-electron chi connectivity index (χ4n) is 2.16. The maximum atomic E-state index is 13.8. The first-order chi connectivity index (χ1) is 8.22. The van der Waals surface area contributed by atoms with Gasteiger partial charge in [-0.25, -0.2) is 4.39 Å². The highest BCUT2D eigenvalue weighted by atomic mass is 19.1. The Morgan fingerprint density at radius 2 is 2.35 bits per heavy atom. The normalized spacial score (nSPS) is 21.1. The van der Waals surface area contributed by atoms with E-state index < -0.39 is 0 Å². The Bertz CT molecular complexity index is 408. The van der Waals surface area contributed by atoms with Gasteiger partial charge in [-0.15, -0.1) is 0 Å². The molecular weight excluding hydrogens is 221 g/mol. The van der Waals surface area contributed by atoms with Crippen molar-refractivity contribution in [3.8, 4) is 0 Å². The predicted molar refractivity (Wildman–Crippen MR) is 64.0 cm³/mol.